The molecule has 0 radical (unpaired) electrons. The van der Waals surface area contributed by atoms with Crippen LogP contribution in [0.5, 0.6) is 5.75 Å². The van der Waals surface area contributed by atoms with E-state index < -0.39 is 10.0 Å². The first kappa shape index (κ1) is 19.1. The van der Waals surface area contributed by atoms with Crippen molar-refractivity contribution in [2.75, 3.05) is 7.11 Å². The van der Waals surface area contributed by atoms with Crippen LogP contribution in [0, 0.1) is 20.8 Å². The van der Waals surface area contributed by atoms with Gasteiger partial charge in [0.2, 0.25) is 21.7 Å². The fraction of sp³-hybridized carbons (Fsp3) is 0.263. The van der Waals surface area contributed by atoms with Gasteiger partial charge < -0.3 is 9.26 Å². The smallest absolute Gasteiger partial charge is 0.242 e. The molecule has 0 saturated heterocycles. The van der Waals surface area contributed by atoms with Crippen LogP contribution >= 0.6 is 0 Å². The Labute approximate surface area is 158 Å². The van der Waals surface area contributed by atoms with Crippen molar-refractivity contribution in [1.82, 2.24) is 14.9 Å². The highest BCUT2D eigenvalue weighted by Crippen LogP contribution is 2.25. The van der Waals surface area contributed by atoms with Gasteiger partial charge in [0, 0.05) is 5.56 Å². The van der Waals surface area contributed by atoms with Crippen LogP contribution in [0.15, 0.2) is 45.8 Å². The van der Waals surface area contributed by atoms with Crippen molar-refractivity contribution in [2.24, 2.45) is 0 Å². The molecule has 0 bridgehead atoms. The van der Waals surface area contributed by atoms with Gasteiger partial charge in [-0.1, -0.05) is 35.0 Å². The number of nitrogens with zero attached hydrogens (tertiary/aromatic N) is 2. The molecule has 0 fully saturated rings. The van der Waals surface area contributed by atoms with Gasteiger partial charge in [-0.25, -0.2) is 13.1 Å². The molecule has 1 heterocycles. The normalized spacial score (nSPS) is 11.6. The topological polar surface area (TPSA) is 94.3 Å². The molecule has 1 aromatic heterocycles. The monoisotopic (exact) mass is 387 g/mol. The number of aromatic nitrogens is 2. The van der Waals surface area contributed by atoms with E-state index >= 15 is 0 Å². The Morgan fingerprint density at radius 1 is 1.07 bits per heavy atom. The van der Waals surface area contributed by atoms with Crippen LogP contribution < -0.4 is 9.46 Å². The lowest BCUT2D eigenvalue weighted by atomic mass is 10.1. The number of hydrogen-bond acceptors (Lipinski definition) is 6. The summed E-state index contributed by atoms with van der Waals surface area (Å²) in [5.41, 5.74) is 3.26. The number of sulfonamides is 1. The maximum atomic E-state index is 12.7. The molecule has 3 rings (SSSR count). The molecular formula is C19H21N3O4S. The maximum Gasteiger partial charge on any atom is 0.242 e. The lowest BCUT2D eigenvalue weighted by molar-refractivity contribution is 0.376. The molecular weight excluding hydrogens is 366 g/mol. The van der Waals surface area contributed by atoms with Gasteiger partial charge in [-0.3, -0.25) is 0 Å². The lowest BCUT2D eigenvalue weighted by Crippen LogP contribution is -2.24. The predicted molar refractivity (Wildman–Crippen MR) is 101 cm³/mol. The summed E-state index contributed by atoms with van der Waals surface area (Å²) in [4.78, 5) is 4.44. The lowest BCUT2D eigenvalue weighted by Gasteiger charge is -2.12. The molecule has 2 aromatic carbocycles. The van der Waals surface area contributed by atoms with Crippen LogP contribution in [0.25, 0.3) is 11.4 Å². The van der Waals surface area contributed by atoms with Crippen molar-refractivity contribution in [3.05, 3.63) is 59.0 Å². The van der Waals surface area contributed by atoms with Gasteiger partial charge in [0.05, 0.1) is 18.6 Å². The van der Waals surface area contributed by atoms with Crippen molar-refractivity contribution < 1.29 is 17.7 Å². The van der Waals surface area contributed by atoms with E-state index in [-0.39, 0.29) is 17.3 Å². The summed E-state index contributed by atoms with van der Waals surface area (Å²) in [6.07, 6.45) is 0. The molecule has 3 aromatic rings. The van der Waals surface area contributed by atoms with Gasteiger partial charge in [0.1, 0.15) is 5.75 Å². The van der Waals surface area contributed by atoms with E-state index in [2.05, 4.69) is 14.9 Å². The molecule has 0 atom stereocenters. The molecule has 0 saturated carbocycles. The van der Waals surface area contributed by atoms with E-state index in [4.69, 9.17) is 9.26 Å². The minimum atomic E-state index is -3.73. The van der Waals surface area contributed by atoms with Crippen LogP contribution in [0.3, 0.4) is 0 Å². The van der Waals surface area contributed by atoms with Crippen molar-refractivity contribution in [3.63, 3.8) is 0 Å². The van der Waals surface area contributed by atoms with Gasteiger partial charge >= 0.3 is 0 Å². The molecule has 27 heavy (non-hydrogen) atoms. The number of nitrogens with one attached hydrogen (secondary N) is 1. The largest absolute Gasteiger partial charge is 0.496 e. The van der Waals surface area contributed by atoms with E-state index in [0.29, 0.717) is 17.1 Å². The molecule has 142 valence electrons. The molecule has 0 aliphatic heterocycles. The minimum Gasteiger partial charge on any atom is -0.496 e. The van der Waals surface area contributed by atoms with Gasteiger partial charge in [-0.2, -0.15) is 4.98 Å². The molecule has 1 N–H and O–H groups in total. The summed E-state index contributed by atoms with van der Waals surface area (Å²) in [6, 6.07) is 11.0. The zero-order valence-corrected chi connectivity index (χ0v) is 16.4. The number of aryl methyl sites for hydroxylation is 3. The zero-order chi connectivity index (χ0) is 19.6. The summed E-state index contributed by atoms with van der Waals surface area (Å²) < 4.78 is 38.2. The predicted octanol–water partition coefficient (Wildman–Crippen LogP) is 3.15. The molecule has 7 nitrogen and oxygen atoms in total. The van der Waals surface area contributed by atoms with Crippen LogP contribution in [-0.2, 0) is 16.6 Å². The van der Waals surface area contributed by atoms with Crippen LogP contribution in [0.2, 0.25) is 0 Å². The first-order chi connectivity index (χ1) is 12.8. The summed E-state index contributed by atoms with van der Waals surface area (Å²) in [5.74, 6) is 1.25. The quantitative estimate of drug-likeness (QED) is 0.698. The van der Waals surface area contributed by atoms with Crippen LogP contribution in [0.4, 0.5) is 0 Å². The fourth-order valence-corrected chi connectivity index (χ4v) is 3.94. The summed E-state index contributed by atoms with van der Waals surface area (Å²) in [6.45, 7) is 5.41. The minimum absolute atomic E-state index is 0.0916. The van der Waals surface area contributed by atoms with Crippen LogP contribution in [0.1, 0.15) is 22.6 Å². The number of hydrogen-bond donors (Lipinski definition) is 1. The molecule has 0 amide bonds. The first-order valence-electron chi connectivity index (χ1n) is 8.34. The molecule has 0 aliphatic rings. The van der Waals surface area contributed by atoms with E-state index in [1.165, 1.54) is 0 Å². The second-order valence-electron chi connectivity index (χ2n) is 6.29. The standard InChI is InChI=1S/C19H21N3O4S/c1-12-5-7-15(8-6-12)19-21-18(26-22-19)11-20-27(23,24)17-10-13(2)16(25-4)9-14(17)3/h5-10,20H,11H2,1-4H3. The van der Waals surface area contributed by atoms with Crippen LogP contribution in [-0.4, -0.2) is 25.7 Å². The molecule has 0 unspecified atom stereocenters. The van der Waals surface area contributed by atoms with E-state index in [9.17, 15) is 8.42 Å². The molecule has 8 heteroatoms. The summed E-state index contributed by atoms with van der Waals surface area (Å²) in [5, 5.41) is 3.91. The van der Waals surface area contributed by atoms with Gasteiger partial charge in [-0.05, 0) is 44.0 Å². The summed E-state index contributed by atoms with van der Waals surface area (Å²) >= 11 is 0. The fourth-order valence-electron chi connectivity index (χ4n) is 2.65. The van der Waals surface area contributed by atoms with Crippen molar-refractivity contribution in [1.29, 1.82) is 0 Å². The average Bonchev–Trinajstić information content (AvgIpc) is 3.11. The van der Waals surface area contributed by atoms with Crippen molar-refractivity contribution >= 4 is 10.0 Å². The third-order valence-electron chi connectivity index (χ3n) is 4.17. The Morgan fingerprint density at radius 3 is 2.44 bits per heavy atom. The number of ether oxygens (including phenoxy) is 1. The molecule has 0 spiro atoms. The highest BCUT2D eigenvalue weighted by Gasteiger charge is 2.20. The Bertz CT molecular complexity index is 1060. The van der Waals surface area contributed by atoms with E-state index in [0.717, 1.165) is 16.7 Å². The highest BCUT2D eigenvalue weighted by molar-refractivity contribution is 7.89. The third-order valence-corrected chi connectivity index (χ3v) is 5.72. The highest BCUT2D eigenvalue weighted by atomic mass is 32.2. The Morgan fingerprint density at radius 2 is 1.78 bits per heavy atom. The van der Waals surface area contributed by atoms with E-state index in [1.807, 2.05) is 31.2 Å². The number of rotatable bonds is 6. The maximum absolute atomic E-state index is 12.7. The van der Waals surface area contributed by atoms with Gasteiger partial charge in [0.15, 0.2) is 0 Å². The zero-order valence-electron chi connectivity index (χ0n) is 15.6. The first-order valence-corrected chi connectivity index (χ1v) is 9.83. The van der Waals surface area contributed by atoms with Gasteiger partial charge in [0.25, 0.3) is 0 Å². The number of methoxy groups -OCH3 is 1. The van der Waals surface area contributed by atoms with E-state index in [1.54, 1.807) is 33.1 Å². The summed E-state index contributed by atoms with van der Waals surface area (Å²) in [7, 11) is -2.18. The van der Waals surface area contributed by atoms with Crippen molar-refractivity contribution in [2.45, 2.75) is 32.2 Å². The second-order valence-corrected chi connectivity index (χ2v) is 8.03. The Kier molecular flexibility index (Phi) is 5.29. The Balaban J connectivity index is 1.76. The van der Waals surface area contributed by atoms with Crippen molar-refractivity contribution in [3.8, 4) is 17.1 Å². The second kappa shape index (κ2) is 7.50. The molecule has 0 aliphatic carbocycles. The third kappa shape index (κ3) is 4.17. The SMILES string of the molecule is COc1cc(C)c(S(=O)(=O)NCc2nc(-c3ccc(C)cc3)no2)cc1C. The number of benzene rings is 2. The van der Waals surface area contributed by atoms with Gasteiger partial charge in [-0.15, -0.1) is 0 Å². The Hall–Kier alpha value is -2.71. The average molecular weight is 387 g/mol.